The Morgan fingerprint density at radius 2 is 1.52 bits per heavy atom. The molecule has 0 bridgehead atoms. The van der Waals surface area contributed by atoms with E-state index in [0.717, 1.165) is 15.4 Å². The lowest BCUT2D eigenvalue weighted by Gasteiger charge is -2.34. The van der Waals surface area contributed by atoms with E-state index in [1.165, 1.54) is 42.3 Å². The number of aryl methyl sites for hydroxylation is 1. The van der Waals surface area contributed by atoms with Crippen molar-refractivity contribution in [3.8, 4) is 5.75 Å². The van der Waals surface area contributed by atoms with Gasteiger partial charge in [0.2, 0.25) is 11.8 Å². The molecule has 0 heterocycles. The van der Waals surface area contributed by atoms with Gasteiger partial charge in [0.05, 0.1) is 22.7 Å². The summed E-state index contributed by atoms with van der Waals surface area (Å²) in [4.78, 5) is 30.0. The van der Waals surface area contributed by atoms with Gasteiger partial charge in [-0.1, -0.05) is 95.8 Å². The molecule has 0 radical (unpaired) electrons. The van der Waals surface area contributed by atoms with Crippen LogP contribution in [0.5, 0.6) is 5.75 Å². The number of nitrogens with zero attached hydrogens (tertiary/aromatic N) is 2. The fourth-order valence-corrected chi connectivity index (χ4v) is 7.20. The van der Waals surface area contributed by atoms with Gasteiger partial charge in [0.15, 0.2) is 0 Å². The second-order valence-corrected chi connectivity index (χ2v) is 14.5. The number of benzene rings is 4. The van der Waals surface area contributed by atoms with Crippen LogP contribution in [0.3, 0.4) is 0 Å². The number of carbonyl (C=O) groups excluding carboxylic acids is 2. The molecule has 4 rings (SSSR count). The Morgan fingerprint density at radius 1 is 0.875 bits per heavy atom. The van der Waals surface area contributed by atoms with E-state index >= 15 is 0 Å². The van der Waals surface area contributed by atoms with Crippen molar-refractivity contribution in [1.82, 2.24) is 10.2 Å². The Kier molecular flexibility index (Phi) is 12.8. The average Bonchev–Trinajstić information content (AvgIpc) is 3.06. The van der Waals surface area contributed by atoms with E-state index in [0.29, 0.717) is 27.8 Å². The molecule has 0 aliphatic heterocycles. The lowest BCUT2D eigenvalue weighted by molar-refractivity contribution is -0.140. The average molecular weight is 731 g/mol. The highest BCUT2D eigenvalue weighted by molar-refractivity contribution is 7.92. The second-order valence-electron chi connectivity index (χ2n) is 11.4. The second kappa shape index (κ2) is 16.6. The van der Waals surface area contributed by atoms with Crippen molar-refractivity contribution in [2.24, 2.45) is 0 Å². The van der Waals surface area contributed by atoms with Gasteiger partial charge in [0, 0.05) is 34.6 Å². The highest BCUT2D eigenvalue weighted by Crippen LogP contribution is 2.33. The number of ether oxygens (including phenoxy) is 1. The molecule has 0 saturated heterocycles. The third-order valence-corrected chi connectivity index (χ3v) is 10.8. The number of hydrogen-bond donors (Lipinski definition) is 1. The zero-order chi connectivity index (χ0) is 35.0. The van der Waals surface area contributed by atoms with Crippen LogP contribution in [0.1, 0.15) is 37.0 Å². The van der Waals surface area contributed by atoms with Gasteiger partial charge in [-0.3, -0.25) is 13.9 Å². The van der Waals surface area contributed by atoms with Crippen LogP contribution >= 0.6 is 34.8 Å². The van der Waals surface area contributed by atoms with Crippen molar-refractivity contribution >= 4 is 62.3 Å². The molecule has 0 saturated carbocycles. The van der Waals surface area contributed by atoms with Gasteiger partial charge in [-0.15, -0.1) is 0 Å². The van der Waals surface area contributed by atoms with Gasteiger partial charge < -0.3 is 15.0 Å². The zero-order valence-electron chi connectivity index (χ0n) is 27.1. The SMILES string of the molecule is CCC(C)NC(=O)C(Cc1ccccc1)N(Cc1c(Cl)cccc1Cl)C(=O)CN(c1ccc(OC)c(Cl)c1)S(=O)(=O)c1ccc(C)cc1. The molecule has 4 aromatic rings. The molecule has 8 nitrogen and oxygen atoms in total. The summed E-state index contributed by atoms with van der Waals surface area (Å²) in [6, 6.07) is 23.8. The van der Waals surface area contributed by atoms with Crippen molar-refractivity contribution in [2.45, 2.75) is 57.1 Å². The fourth-order valence-electron chi connectivity index (χ4n) is 5.03. The van der Waals surface area contributed by atoms with Crippen molar-refractivity contribution in [3.63, 3.8) is 0 Å². The number of anilines is 1. The van der Waals surface area contributed by atoms with Crippen LogP contribution in [-0.4, -0.2) is 50.9 Å². The normalized spacial score (nSPS) is 12.6. The molecule has 12 heteroatoms. The number of rotatable bonds is 14. The molecule has 2 amide bonds. The molecule has 1 N–H and O–H groups in total. The first kappa shape index (κ1) is 37.1. The molecule has 48 heavy (non-hydrogen) atoms. The summed E-state index contributed by atoms with van der Waals surface area (Å²) in [6.07, 6.45) is 0.810. The summed E-state index contributed by atoms with van der Waals surface area (Å²) < 4.78 is 34.8. The van der Waals surface area contributed by atoms with E-state index in [9.17, 15) is 18.0 Å². The van der Waals surface area contributed by atoms with Gasteiger partial charge >= 0.3 is 0 Å². The molecule has 0 aliphatic rings. The number of sulfonamides is 1. The molecule has 2 unspecified atom stereocenters. The summed E-state index contributed by atoms with van der Waals surface area (Å²) >= 11 is 19.6. The van der Waals surface area contributed by atoms with E-state index in [1.807, 2.05) is 51.1 Å². The molecule has 0 aromatic heterocycles. The Labute approximate surface area is 297 Å². The Morgan fingerprint density at radius 3 is 2.10 bits per heavy atom. The largest absolute Gasteiger partial charge is 0.495 e. The molecular weight excluding hydrogens is 693 g/mol. The van der Waals surface area contributed by atoms with E-state index < -0.39 is 34.4 Å². The lowest BCUT2D eigenvalue weighted by Crippen LogP contribution is -2.54. The number of nitrogens with one attached hydrogen (secondary N) is 1. The first-order valence-corrected chi connectivity index (χ1v) is 17.9. The van der Waals surface area contributed by atoms with Gasteiger partial charge in [-0.2, -0.15) is 0 Å². The summed E-state index contributed by atoms with van der Waals surface area (Å²) in [6.45, 7) is 4.83. The first-order chi connectivity index (χ1) is 22.8. The molecular formula is C36H38Cl3N3O5S. The van der Waals surface area contributed by atoms with Gasteiger partial charge in [0.25, 0.3) is 10.0 Å². The maximum Gasteiger partial charge on any atom is 0.264 e. The summed E-state index contributed by atoms with van der Waals surface area (Å²) in [5.41, 5.74) is 2.22. The Balaban J connectivity index is 1.87. The van der Waals surface area contributed by atoms with Crippen LogP contribution in [0.4, 0.5) is 5.69 Å². The van der Waals surface area contributed by atoms with Gasteiger partial charge in [-0.25, -0.2) is 8.42 Å². The van der Waals surface area contributed by atoms with Crippen molar-refractivity contribution in [2.75, 3.05) is 18.0 Å². The van der Waals surface area contributed by atoms with Crippen molar-refractivity contribution in [3.05, 3.63) is 123 Å². The van der Waals surface area contributed by atoms with Crippen molar-refractivity contribution in [1.29, 1.82) is 0 Å². The molecule has 0 aliphatic carbocycles. The van der Waals surface area contributed by atoms with E-state index in [2.05, 4.69) is 5.32 Å². The number of carbonyl (C=O) groups is 2. The minimum atomic E-state index is -4.32. The number of methoxy groups -OCH3 is 1. The predicted molar refractivity (Wildman–Crippen MR) is 193 cm³/mol. The van der Waals surface area contributed by atoms with Gasteiger partial charge in [-0.05, 0) is 68.3 Å². The minimum Gasteiger partial charge on any atom is -0.495 e. The van der Waals surface area contributed by atoms with E-state index in [4.69, 9.17) is 39.5 Å². The topological polar surface area (TPSA) is 96.0 Å². The highest BCUT2D eigenvalue weighted by Gasteiger charge is 2.35. The molecule has 2 atom stereocenters. The van der Waals surface area contributed by atoms with Crippen LogP contribution in [0.25, 0.3) is 0 Å². The minimum absolute atomic E-state index is 0.0242. The van der Waals surface area contributed by atoms with E-state index in [-0.39, 0.29) is 34.6 Å². The smallest absolute Gasteiger partial charge is 0.264 e. The van der Waals surface area contributed by atoms with Crippen molar-refractivity contribution < 1.29 is 22.7 Å². The maximum absolute atomic E-state index is 14.7. The lowest BCUT2D eigenvalue weighted by atomic mass is 10.0. The number of hydrogen-bond acceptors (Lipinski definition) is 5. The molecule has 0 fully saturated rings. The molecule has 0 spiro atoms. The Hall–Kier alpha value is -3.76. The zero-order valence-corrected chi connectivity index (χ0v) is 30.2. The number of amides is 2. The van der Waals surface area contributed by atoms with Crippen LogP contribution in [-0.2, 0) is 32.6 Å². The fraction of sp³-hybridized carbons (Fsp3) is 0.278. The predicted octanol–water partition coefficient (Wildman–Crippen LogP) is 7.71. The van der Waals surface area contributed by atoms with Crippen LogP contribution in [0.2, 0.25) is 15.1 Å². The third-order valence-electron chi connectivity index (χ3n) is 7.97. The van der Waals surface area contributed by atoms with E-state index in [1.54, 1.807) is 30.3 Å². The summed E-state index contributed by atoms with van der Waals surface area (Å²) in [7, 11) is -2.87. The third kappa shape index (κ3) is 9.02. The molecule has 254 valence electrons. The number of halogens is 3. The van der Waals surface area contributed by atoms with Gasteiger partial charge in [0.1, 0.15) is 18.3 Å². The standard InChI is InChI=1S/C36H38Cl3N3O5S/c1-5-25(3)40-36(44)33(20-26-10-7-6-8-11-26)41(22-29-30(37)12-9-13-31(29)38)35(43)23-42(27-16-19-34(47-4)32(39)21-27)48(45,46)28-17-14-24(2)15-18-28/h6-19,21,25,33H,5,20,22-23H2,1-4H3,(H,40,44). The van der Waals surface area contributed by atoms with Crippen LogP contribution < -0.4 is 14.4 Å². The Bertz CT molecular complexity index is 1820. The summed E-state index contributed by atoms with van der Waals surface area (Å²) in [5, 5.41) is 3.76. The highest BCUT2D eigenvalue weighted by atomic mass is 35.5. The van der Waals surface area contributed by atoms with Crippen LogP contribution in [0, 0.1) is 6.92 Å². The van der Waals surface area contributed by atoms with Crippen LogP contribution in [0.15, 0.2) is 95.9 Å². The first-order valence-electron chi connectivity index (χ1n) is 15.3. The maximum atomic E-state index is 14.7. The monoisotopic (exact) mass is 729 g/mol. The quantitative estimate of drug-likeness (QED) is 0.143. The molecule has 4 aromatic carbocycles. The summed E-state index contributed by atoms with van der Waals surface area (Å²) in [5.74, 6) is -0.724.